The number of benzene rings is 8. The minimum atomic E-state index is -4.92. The number of carbonyl (C=O) groups excluding carboxylic acids is 9. The van der Waals surface area contributed by atoms with E-state index in [1.165, 1.54) is 77.3 Å². The molecular weight excluding hydrogens is 1960 g/mol. The largest absolute Gasteiger partial charge is 0.492 e. The number of thiazole rings is 2. The van der Waals surface area contributed by atoms with Gasteiger partial charge < -0.3 is 39.8 Å². The van der Waals surface area contributed by atoms with Crippen LogP contribution in [0.25, 0.3) is 64.5 Å². The average molecular weight is 2060 g/mol. The predicted octanol–water partition coefficient (Wildman–Crippen LogP) is 15.1. The SMILES string of the molecule is Cn1nc(C2CCC(=O)NC2=O)c2ccc(NC(=O)CN3CCN(CCOc4cccc(-c5ccc(N6CCc7cccc(C(=O)Nc8nc9ccccc9s8)c7C6)nc5C(=O)O)c4C(F)(F)F)CC3)cc21.Cn1nc(C2CCC(=O)NC2=O)c2ccc(NC(=O)CN3CCN(CCOc4cccc(-c5ccc(N6CCc7cccc(C(=O)Nc8nc9ccccc9s8)c7C6)nc5C(=O)OC(C)(C)C)c4C(F)(F)F)CC3)cc21. The summed E-state index contributed by atoms with van der Waals surface area (Å²) in [6.45, 7) is 11.3. The molecule has 4 saturated heterocycles. The Bertz CT molecular complexity index is 7530. The molecule has 34 nitrogen and oxygen atoms in total. The molecule has 148 heavy (non-hydrogen) atoms. The number of aryl methyl sites for hydroxylation is 2. The predicted molar refractivity (Wildman–Crippen MR) is 545 cm³/mol. The number of esters is 1. The Morgan fingerprint density at radius 3 is 1.28 bits per heavy atom. The first-order valence-corrected chi connectivity index (χ1v) is 50.0. The summed E-state index contributed by atoms with van der Waals surface area (Å²) < 4.78 is 114. The zero-order valence-corrected chi connectivity index (χ0v) is 82.7. The van der Waals surface area contributed by atoms with Crippen molar-refractivity contribution in [3.63, 3.8) is 0 Å². The van der Waals surface area contributed by atoms with Gasteiger partial charge >= 0.3 is 24.3 Å². The van der Waals surface area contributed by atoms with Gasteiger partial charge in [0.05, 0.1) is 67.8 Å². The van der Waals surface area contributed by atoms with Gasteiger partial charge in [0.2, 0.25) is 35.4 Å². The molecule has 6 aliphatic rings. The number of amides is 8. The second kappa shape index (κ2) is 42.5. The summed E-state index contributed by atoms with van der Waals surface area (Å²) in [4.78, 5) is 159. The van der Waals surface area contributed by atoms with Crippen LogP contribution in [-0.2, 0) is 85.9 Å². The first-order chi connectivity index (χ1) is 71.0. The van der Waals surface area contributed by atoms with Gasteiger partial charge in [-0.2, -0.15) is 36.5 Å². The number of aromatic carboxylic acids is 1. The summed E-state index contributed by atoms with van der Waals surface area (Å²) in [6, 6.07) is 50.5. The summed E-state index contributed by atoms with van der Waals surface area (Å²) in [5.74, 6) is -6.31. The zero-order valence-electron chi connectivity index (χ0n) is 81.0. The lowest BCUT2D eigenvalue weighted by atomic mass is 9.93. The monoisotopic (exact) mass is 2060 g/mol. The van der Waals surface area contributed by atoms with Crippen LogP contribution >= 0.6 is 22.7 Å². The van der Waals surface area contributed by atoms with Gasteiger partial charge in [-0.1, -0.05) is 95.5 Å². The number of ether oxygens (including phenoxy) is 3. The highest BCUT2D eigenvalue weighted by Gasteiger charge is 2.43. The van der Waals surface area contributed by atoms with Crippen molar-refractivity contribution in [1.29, 1.82) is 0 Å². The van der Waals surface area contributed by atoms with Gasteiger partial charge in [-0.25, -0.2) is 29.5 Å². The molecular formula is C106H102F6N20O14S2. The van der Waals surface area contributed by atoms with Gasteiger partial charge in [-0.05, 0) is 178 Å². The fourth-order valence-electron chi connectivity index (χ4n) is 19.7. The van der Waals surface area contributed by atoms with Crippen LogP contribution in [0.3, 0.4) is 0 Å². The van der Waals surface area contributed by atoms with Crippen molar-refractivity contribution in [1.82, 2.24) is 69.7 Å². The number of piperidine rings is 2. The summed E-state index contributed by atoms with van der Waals surface area (Å²) in [6.07, 6.45) is -7.57. The lowest BCUT2D eigenvalue weighted by Gasteiger charge is -2.34. The maximum absolute atomic E-state index is 15.3. The number of para-hydroxylation sites is 2. The van der Waals surface area contributed by atoms with E-state index in [2.05, 4.69) is 61.9 Å². The number of alkyl halides is 6. The lowest BCUT2D eigenvalue weighted by Crippen LogP contribution is -2.49. The van der Waals surface area contributed by atoms with E-state index < -0.39 is 75.6 Å². The van der Waals surface area contributed by atoms with Gasteiger partial charge in [-0.15, -0.1) is 0 Å². The smallest absolute Gasteiger partial charge is 0.420 e. The Kier molecular flexibility index (Phi) is 29.1. The molecule has 8 amide bonds. The van der Waals surface area contributed by atoms with E-state index in [0.717, 1.165) is 64.5 Å². The van der Waals surface area contributed by atoms with Crippen molar-refractivity contribution in [2.75, 3.05) is 136 Å². The molecule has 6 aromatic heterocycles. The molecule has 12 heterocycles. The number of carboxylic acids is 1. The highest BCUT2D eigenvalue weighted by molar-refractivity contribution is 7.22. The van der Waals surface area contributed by atoms with Crippen LogP contribution in [0, 0.1) is 0 Å². The van der Waals surface area contributed by atoms with Gasteiger partial charge in [0.25, 0.3) is 11.8 Å². The minimum Gasteiger partial charge on any atom is -0.492 e. The fourth-order valence-corrected chi connectivity index (χ4v) is 21.4. The molecule has 6 aliphatic heterocycles. The van der Waals surface area contributed by atoms with Crippen molar-refractivity contribution in [3.05, 3.63) is 249 Å². The molecule has 42 heteroatoms. The van der Waals surface area contributed by atoms with E-state index in [4.69, 9.17) is 19.2 Å². The van der Waals surface area contributed by atoms with Crippen molar-refractivity contribution in [2.45, 2.75) is 102 Å². The summed E-state index contributed by atoms with van der Waals surface area (Å²) in [7, 11) is 3.50. The molecule has 20 rings (SSSR count). The number of hydrogen-bond donors (Lipinski definition) is 7. The first-order valence-electron chi connectivity index (χ1n) is 48.3. The Balaban J connectivity index is 0.000000186. The number of nitrogens with zero attached hydrogens (tertiary/aromatic N) is 14. The number of fused-ring (bicyclic) bond motifs is 6. The van der Waals surface area contributed by atoms with E-state index >= 15 is 26.3 Å². The van der Waals surface area contributed by atoms with Crippen molar-refractivity contribution >= 4 is 157 Å². The molecule has 0 spiro atoms. The Hall–Kier alpha value is -15.5. The van der Waals surface area contributed by atoms with Gasteiger partial charge in [-0.3, -0.25) is 88.6 Å². The van der Waals surface area contributed by atoms with E-state index in [1.807, 2.05) is 92.4 Å². The van der Waals surface area contributed by atoms with Crippen LogP contribution in [-0.4, -0.2) is 234 Å². The quantitative estimate of drug-likeness (QED) is 0.0150. The van der Waals surface area contributed by atoms with Crippen LogP contribution < -0.4 is 51.2 Å². The molecule has 0 bridgehead atoms. The molecule has 8 aromatic carbocycles. The number of rotatable bonds is 26. The number of halogens is 6. The number of piperazine rings is 2. The van der Waals surface area contributed by atoms with Crippen molar-refractivity contribution in [2.24, 2.45) is 14.1 Å². The maximum atomic E-state index is 15.3. The number of aromatic nitrogens is 8. The van der Waals surface area contributed by atoms with E-state index in [1.54, 1.807) is 104 Å². The third-order valence-corrected chi connectivity index (χ3v) is 28.8. The zero-order chi connectivity index (χ0) is 104. The van der Waals surface area contributed by atoms with Crippen LogP contribution in [0.1, 0.15) is 145 Å². The summed E-state index contributed by atoms with van der Waals surface area (Å²) >= 11 is 2.72. The summed E-state index contributed by atoms with van der Waals surface area (Å²) in [5, 5.41) is 38.4. The van der Waals surface area contributed by atoms with E-state index in [0.29, 0.717) is 154 Å². The van der Waals surface area contributed by atoms with Crippen LogP contribution in [0.5, 0.6) is 11.5 Å². The van der Waals surface area contributed by atoms with E-state index in [9.17, 15) is 53.1 Å². The van der Waals surface area contributed by atoms with Gasteiger partial charge in [0, 0.05) is 174 Å². The third-order valence-electron chi connectivity index (χ3n) is 26.9. The molecule has 0 aliphatic carbocycles. The molecule has 0 saturated carbocycles. The molecule has 4 fully saturated rings. The van der Waals surface area contributed by atoms with Crippen LogP contribution in [0.15, 0.2) is 182 Å². The number of imide groups is 2. The first kappa shape index (κ1) is 101. The molecule has 0 radical (unpaired) electrons. The van der Waals surface area contributed by atoms with Crippen LogP contribution in [0.4, 0.5) is 59.6 Å². The Labute approximate surface area is 851 Å². The number of carbonyl (C=O) groups is 10. The van der Waals surface area contributed by atoms with Gasteiger partial charge in [0.15, 0.2) is 21.7 Å². The fraction of sp³-hybridized carbons (Fsp3) is 0.321. The van der Waals surface area contributed by atoms with Crippen molar-refractivity contribution in [3.8, 4) is 33.8 Å². The highest BCUT2D eigenvalue weighted by Crippen LogP contribution is 2.48. The number of anilines is 6. The minimum absolute atomic E-state index is 0.0675. The average Bonchev–Trinajstić information content (AvgIpc) is 1.46. The topological polar surface area (TPSA) is 397 Å². The van der Waals surface area contributed by atoms with Crippen LogP contribution in [0.2, 0.25) is 0 Å². The second-order valence-corrected chi connectivity index (χ2v) is 40.0. The molecule has 7 N–H and O–H groups in total. The Morgan fingerprint density at radius 1 is 0.453 bits per heavy atom. The van der Waals surface area contributed by atoms with Gasteiger partial charge in [0.1, 0.15) is 53.1 Å². The number of nitrogens with one attached hydrogen (secondary N) is 6. The Morgan fingerprint density at radius 2 is 0.865 bits per heavy atom. The normalized spacial score (nSPS) is 16.6. The maximum Gasteiger partial charge on any atom is 0.420 e. The summed E-state index contributed by atoms with van der Waals surface area (Å²) in [5.41, 5.74) is 4.46. The van der Waals surface area contributed by atoms with E-state index in [-0.39, 0.29) is 128 Å². The highest BCUT2D eigenvalue weighted by atomic mass is 32.1. The third kappa shape index (κ3) is 22.6. The van der Waals surface area contributed by atoms with Crippen molar-refractivity contribution < 1.29 is 93.6 Å². The molecule has 764 valence electrons. The standard InChI is InChI=1S/C55H55F3N10O7S.C51H47F3N10O7S/c1-54(2,3)75-52(73)49-35(17-19-44(61-49)68-22-21-32-9-7-11-36(39(32)30-68)50(71)63-53-60-40-12-5-6-14-43(40)76-53)34-10-8-13-42(47(34)55(56,57)58)74-28-27-66-23-25-67(26-24-66)31-46(70)59-33-15-16-37-41(29-33)65(4)64-48(37)38-18-20-45(69)62-51(38)72;1-61-38-26-30(12-13-34(38)45(60-61)35-15-17-42(65)58-48(35)68)55-43(66)28-63-22-20-62(21-23-63)24-25-71-39-10-5-7-31(44(39)51(52,53)54)32-14-16-41(57-46(32)49(69)70)64-19-18-29-6-4-8-33(36(29)27-64)47(67)59-50-56-37-9-2-3-11-40(37)72-50/h5-17,19,29,38H,18,20-28,30-31H2,1-4H3,(H,59,70)(H,60,63,71)(H,62,69,72);2-14,16,26,35H,15,17-25,27-28H2,1H3,(H,55,66)(H,69,70)(H,56,59,67)(H,58,65,68). The number of carboxylic acid groups (broad SMARTS) is 1. The number of pyridine rings is 2. The lowest BCUT2D eigenvalue weighted by molar-refractivity contribution is -0.139. The molecule has 2 atom stereocenters. The second-order valence-electron chi connectivity index (χ2n) is 37.9. The molecule has 2 unspecified atom stereocenters. The number of hydrogen-bond acceptors (Lipinski definition) is 27. The molecule has 14 aromatic rings.